The number of carbonyl (C=O) groups excluding carboxylic acids is 1. The van der Waals surface area contributed by atoms with Crippen LogP contribution >= 0.6 is 0 Å². The Labute approximate surface area is 108 Å². The van der Waals surface area contributed by atoms with E-state index < -0.39 is 36.0 Å². The second-order valence-electron chi connectivity index (χ2n) is 3.85. The first-order valence-electron chi connectivity index (χ1n) is 5.15. The third kappa shape index (κ3) is 2.39. The van der Waals surface area contributed by atoms with Gasteiger partial charge in [-0.3, -0.25) is 14.3 Å². The quantitative estimate of drug-likeness (QED) is 0.860. The molecule has 0 unspecified atom stereocenters. The maximum absolute atomic E-state index is 12.6. The number of fused-ring (bicyclic) bond motifs is 1. The molecule has 0 saturated carbocycles. The number of primary amides is 1. The molecule has 2 rings (SSSR count). The number of nitrogens with two attached hydrogens (primary N) is 1. The molecule has 0 atom stereocenters. The summed E-state index contributed by atoms with van der Waals surface area (Å²) in [4.78, 5) is 25.0. The molecule has 0 spiro atoms. The largest absolute Gasteiger partial charge is 0.480 e. The Morgan fingerprint density at radius 1 is 1.40 bits per heavy atom. The molecule has 0 radical (unpaired) electrons. The summed E-state index contributed by atoms with van der Waals surface area (Å²) < 4.78 is 38.5. The van der Waals surface area contributed by atoms with Crippen molar-refractivity contribution in [2.75, 3.05) is 0 Å². The zero-order valence-electron chi connectivity index (χ0n) is 9.68. The van der Waals surface area contributed by atoms with Crippen LogP contribution in [0.3, 0.4) is 0 Å². The van der Waals surface area contributed by atoms with E-state index in [1.165, 1.54) is 0 Å². The van der Waals surface area contributed by atoms with E-state index in [-0.39, 0.29) is 10.9 Å². The Kier molecular flexibility index (Phi) is 3.08. The number of amides is 1. The van der Waals surface area contributed by atoms with Crippen molar-refractivity contribution >= 4 is 22.8 Å². The van der Waals surface area contributed by atoms with Crippen molar-refractivity contribution in [1.82, 2.24) is 14.8 Å². The van der Waals surface area contributed by atoms with E-state index in [0.717, 1.165) is 10.9 Å². The van der Waals surface area contributed by atoms with Gasteiger partial charge in [0.2, 0.25) is 0 Å². The number of rotatable bonds is 3. The molecule has 2 heterocycles. The second-order valence-corrected chi connectivity index (χ2v) is 3.85. The highest BCUT2D eigenvalue weighted by atomic mass is 19.4. The summed E-state index contributed by atoms with van der Waals surface area (Å²) >= 11 is 0. The number of carboxylic acid groups (broad SMARTS) is 1. The number of pyridine rings is 1. The lowest BCUT2D eigenvalue weighted by Crippen LogP contribution is -2.14. The zero-order chi connectivity index (χ0) is 15.1. The van der Waals surface area contributed by atoms with Crippen LogP contribution < -0.4 is 5.73 Å². The molecule has 0 aliphatic rings. The van der Waals surface area contributed by atoms with Crippen LogP contribution in [0.2, 0.25) is 0 Å². The van der Waals surface area contributed by atoms with E-state index in [1.54, 1.807) is 0 Å². The molecule has 0 aliphatic heterocycles. The zero-order valence-corrected chi connectivity index (χ0v) is 9.68. The molecule has 1 amide bonds. The lowest BCUT2D eigenvalue weighted by Gasteiger charge is -2.05. The van der Waals surface area contributed by atoms with Gasteiger partial charge in [-0.1, -0.05) is 0 Å². The SMILES string of the molecule is NC(=O)c1nn(CC(=O)O)c2cnc(C(F)(F)F)cc12. The summed E-state index contributed by atoms with van der Waals surface area (Å²) in [6.07, 6.45) is -3.89. The van der Waals surface area contributed by atoms with E-state index in [9.17, 15) is 22.8 Å². The van der Waals surface area contributed by atoms with Gasteiger partial charge in [0.25, 0.3) is 5.91 Å². The lowest BCUT2D eigenvalue weighted by molar-refractivity contribution is -0.141. The van der Waals surface area contributed by atoms with Gasteiger partial charge in [-0.2, -0.15) is 18.3 Å². The Morgan fingerprint density at radius 3 is 2.55 bits per heavy atom. The Bertz CT molecular complexity index is 708. The summed E-state index contributed by atoms with van der Waals surface area (Å²) in [5.41, 5.74) is 3.34. The predicted molar refractivity (Wildman–Crippen MR) is 58.7 cm³/mol. The molecular formula is C10H7F3N4O3. The number of hydrogen-bond acceptors (Lipinski definition) is 4. The number of alkyl halides is 3. The number of aromatic nitrogens is 3. The fourth-order valence-electron chi connectivity index (χ4n) is 1.66. The number of hydrogen-bond donors (Lipinski definition) is 2. The molecule has 2 aromatic rings. The van der Waals surface area contributed by atoms with Crippen molar-refractivity contribution in [2.45, 2.75) is 12.7 Å². The third-order valence-electron chi connectivity index (χ3n) is 2.45. The van der Waals surface area contributed by atoms with Gasteiger partial charge in [-0.05, 0) is 6.07 Å². The molecular weight excluding hydrogens is 281 g/mol. The van der Waals surface area contributed by atoms with Crippen molar-refractivity contribution in [1.29, 1.82) is 0 Å². The number of aliphatic carboxylic acids is 1. The van der Waals surface area contributed by atoms with Gasteiger partial charge in [-0.15, -0.1) is 0 Å². The first kappa shape index (κ1) is 13.8. The monoisotopic (exact) mass is 288 g/mol. The Hall–Kier alpha value is -2.65. The average Bonchev–Trinajstić information content (AvgIpc) is 2.66. The van der Waals surface area contributed by atoms with Gasteiger partial charge in [0.15, 0.2) is 5.69 Å². The molecule has 3 N–H and O–H groups in total. The summed E-state index contributed by atoms with van der Waals surface area (Å²) in [7, 11) is 0. The standard InChI is InChI=1S/C10H7F3N4O3/c11-10(12,13)6-1-4-5(2-15-6)17(3-7(18)19)16-8(4)9(14)20/h1-2H,3H2,(H2,14,20)(H,18,19). The average molecular weight is 288 g/mol. The topological polar surface area (TPSA) is 111 Å². The van der Waals surface area contributed by atoms with E-state index in [4.69, 9.17) is 10.8 Å². The minimum absolute atomic E-state index is 0.0193. The van der Waals surface area contributed by atoms with E-state index in [0.29, 0.717) is 6.07 Å². The summed E-state index contributed by atoms with van der Waals surface area (Å²) in [5, 5.41) is 12.1. The number of nitrogens with zero attached hydrogens (tertiary/aromatic N) is 3. The highest BCUT2D eigenvalue weighted by molar-refractivity contribution is 6.04. The first-order chi connectivity index (χ1) is 9.20. The summed E-state index contributed by atoms with van der Waals surface area (Å²) in [6.45, 7) is -0.628. The van der Waals surface area contributed by atoms with Crippen LogP contribution in [0.1, 0.15) is 16.2 Å². The molecule has 10 heteroatoms. The molecule has 0 aromatic carbocycles. The minimum Gasteiger partial charge on any atom is -0.480 e. The van der Waals surface area contributed by atoms with Crippen molar-refractivity contribution in [2.24, 2.45) is 5.73 Å². The van der Waals surface area contributed by atoms with Crippen LogP contribution in [0.25, 0.3) is 10.9 Å². The van der Waals surface area contributed by atoms with Gasteiger partial charge < -0.3 is 10.8 Å². The highest BCUT2D eigenvalue weighted by Gasteiger charge is 2.33. The van der Waals surface area contributed by atoms with Crippen LogP contribution in [0.15, 0.2) is 12.3 Å². The summed E-state index contributed by atoms with van der Waals surface area (Å²) in [5.74, 6) is -2.33. The Morgan fingerprint density at radius 2 is 2.05 bits per heavy atom. The smallest absolute Gasteiger partial charge is 0.433 e. The summed E-state index contributed by atoms with van der Waals surface area (Å²) in [6, 6.07) is 0.612. The van der Waals surface area contributed by atoms with Crippen molar-refractivity contribution in [3.63, 3.8) is 0 Å². The second kappa shape index (κ2) is 4.47. The number of carboxylic acids is 1. The van der Waals surface area contributed by atoms with Gasteiger partial charge >= 0.3 is 12.1 Å². The fraction of sp³-hybridized carbons (Fsp3) is 0.200. The molecule has 0 aliphatic carbocycles. The lowest BCUT2D eigenvalue weighted by atomic mass is 10.2. The maximum atomic E-state index is 12.6. The van der Waals surface area contributed by atoms with Crippen LogP contribution in [0.4, 0.5) is 13.2 Å². The van der Waals surface area contributed by atoms with Crippen molar-refractivity contribution in [3.05, 3.63) is 23.7 Å². The fourth-order valence-corrected chi connectivity index (χ4v) is 1.66. The molecule has 106 valence electrons. The third-order valence-corrected chi connectivity index (χ3v) is 2.45. The highest BCUT2D eigenvalue weighted by Crippen LogP contribution is 2.30. The van der Waals surface area contributed by atoms with Crippen LogP contribution in [0, 0.1) is 0 Å². The molecule has 7 nitrogen and oxygen atoms in total. The normalized spacial score (nSPS) is 11.8. The van der Waals surface area contributed by atoms with Gasteiger partial charge in [0, 0.05) is 5.39 Å². The predicted octanol–water partition coefficient (Wildman–Crippen LogP) is 0.634. The molecule has 0 bridgehead atoms. The molecule has 2 aromatic heterocycles. The molecule has 20 heavy (non-hydrogen) atoms. The van der Waals surface area contributed by atoms with Crippen molar-refractivity contribution < 1.29 is 27.9 Å². The Balaban J connectivity index is 2.70. The van der Waals surface area contributed by atoms with Crippen LogP contribution in [-0.4, -0.2) is 31.7 Å². The van der Waals surface area contributed by atoms with Gasteiger partial charge in [0.1, 0.15) is 12.2 Å². The van der Waals surface area contributed by atoms with E-state index >= 15 is 0 Å². The number of carbonyl (C=O) groups is 2. The van der Waals surface area contributed by atoms with Crippen LogP contribution in [-0.2, 0) is 17.5 Å². The maximum Gasteiger partial charge on any atom is 0.433 e. The van der Waals surface area contributed by atoms with Gasteiger partial charge in [0.05, 0.1) is 11.7 Å². The molecule has 0 saturated heterocycles. The van der Waals surface area contributed by atoms with E-state index in [1.807, 2.05) is 0 Å². The van der Waals surface area contributed by atoms with Crippen LogP contribution in [0.5, 0.6) is 0 Å². The van der Waals surface area contributed by atoms with Gasteiger partial charge in [-0.25, -0.2) is 4.98 Å². The minimum atomic E-state index is -4.70. The van der Waals surface area contributed by atoms with Crippen molar-refractivity contribution in [3.8, 4) is 0 Å². The number of halogens is 3. The van der Waals surface area contributed by atoms with E-state index in [2.05, 4.69) is 10.1 Å². The first-order valence-corrected chi connectivity index (χ1v) is 5.15. The molecule has 0 fully saturated rings.